The molecule has 0 unspecified atom stereocenters. The van der Waals surface area contributed by atoms with Crippen molar-refractivity contribution in [2.75, 3.05) is 0 Å². The molecule has 12 heavy (non-hydrogen) atoms. The number of hydrogen-bond donors (Lipinski definition) is 0. The van der Waals surface area contributed by atoms with Crippen molar-refractivity contribution >= 4 is 12.2 Å². The standard InChI is InChI=1S/C11H15N/c1-4-6-10-8-9-11(7-5-2)12(10)3/h4-9H,1-3H3/b6-4+,7-5+. The normalized spacial score (nSPS) is 11.9. The summed E-state index contributed by atoms with van der Waals surface area (Å²) in [5, 5.41) is 0. The molecular formula is C11H15N. The Kier molecular flexibility index (Phi) is 2.92. The molecule has 0 amide bonds. The topological polar surface area (TPSA) is 4.93 Å². The summed E-state index contributed by atoms with van der Waals surface area (Å²) in [6.45, 7) is 4.06. The maximum atomic E-state index is 2.17. The first-order chi connectivity index (χ1) is 5.79. The van der Waals surface area contributed by atoms with Gasteiger partial charge < -0.3 is 4.57 Å². The van der Waals surface area contributed by atoms with Crippen LogP contribution in [0.4, 0.5) is 0 Å². The molecule has 0 aliphatic heterocycles. The van der Waals surface area contributed by atoms with Gasteiger partial charge in [-0.25, -0.2) is 0 Å². The van der Waals surface area contributed by atoms with Crippen LogP contribution < -0.4 is 0 Å². The summed E-state index contributed by atoms with van der Waals surface area (Å²) in [4.78, 5) is 0. The third kappa shape index (κ3) is 1.67. The summed E-state index contributed by atoms with van der Waals surface area (Å²) < 4.78 is 2.17. The van der Waals surface area contributed by atoms with Gasteiger partial charge in [-0.05, 0) is 38.1 Å². The van der Waals surface area contributed by atoms with Crippen LogP contribution in [0.2, 0.25) is 0 Å². The number of allylic oxidation sites excluding steroid dienone is 2. The lowest BCUT2D eigenvalue weighted by Crippen LogP contribution is -1.92. The van der Waals surface area contributed by atoms with Crippen LogP contribution in [0.25, 0.3) is 12.2 Å². The van der Waals surface area contributed by atoms with E-state index in [1.54, 1.807) is 0 Å². The van der Waals surface area contributed by atoms with E-state index in [0.29, 0.717) is 0 Å². The van der Waals surface area contributed by atoms with Gasteiger partial charge in [-0.2, -0.15) is 0 Å². The van der Waals surface area contributed by atoms with Crippen LogP contribution in [0.15, 0.2) is 24.3 Å². The van der Waals surface area contributed by atoms with Crippen molar-refractivity contribution in [1.82, 2.24) is 4.57 Å². The van der Waals surface area contributed by atoms with Crippen LogP contribution in [0.3, 0.4) is 0 Å². The fraction of sp³-hybridized carbons (Fsp3) is 0.273. The van der Waals surface area contributed by atoms with E-state index in [9.17, 15) is 0 Å². The van der Waals surface area contributed by atoms with E-state index in [1.165, 1.54) is 11.4 Å². The van der Waals surface area contributed by atoms with Crippen LogP contribution in [-0.2, 0) is 7.05 Å². The van der Waals surface area contributed by atoms with Crippen LogP contribution in [0.5, 0.6) is 0 Å². The summed E-state index contributed by atoms with van der Waals surface area (Å²) in [5.41, 5.74) is 2.48. The Bertz CT molecular complexity index is 273. The molecule has 0 aromatic carbocycles. The Balaban J connectivity index is 3.04. The first-order valence-corrected chi connectivity index (χ1v) is 4.20. The second-order valence-corrected chi connectivity index (χ2v) is 2.74. The van der Waals surface area contributed by atoms with Gasteiger partial charge >= 0.3 is 0 Å². The average molecular weight is 161 g/mol. The molecule has 0 aliphatic rings. The maximum absolute atomic E-state index is 2.17. The SMILES string of the molecule is C/C=C/c1ccc(/C=C/C)n1C. The summed E-state index contributed by atoms with van der Waals surface area (Å²) in [5.74, 6) is 0. The maximum Gasteiger partial charge on any atom is 0.0405 e. The minimum absolute atomic E-state index is 1.24. The molecule has 0 bridgehead atoms. The Morgan fingerprint density at radius 1 is 1.00 bits per heavy atom. The molecule has 0 radical (unpaired) electrons. The molecule has 1 aromatic heterocycles. The van der Waals surface area contributed by atoms with Crippen LogP contribution >= 0.6 is 0 Å². The van der Waals surface area contributed by atoms with E-state index >= 15 is 0 Å². The van der Waals surface area contributed by atoms with Crippen LogP contribution in [0.1, 0.15) is 25.2 Å². The molecule has 0 atom stereocenters. The van der Waals surface area contributed by atoms with Crippen LogP contribution in [-0.4, -0.2) is 4.57 Å². The molecular weight excluding hydrogens is 146 g/mol. The molecule has 1 aromatic rings. The first kappa shape index (κ1) is 8.85. The molecule has 0 spiro atoms. The van der Waals surface area contributed by atoms with Crippen LogP contribution in [0, 0.1) is 0 Å². The van der Waals surface area contributed by atoms with Gasteiger partial charge in [0.15, 0.2) is 0 Å². The van der Waals surface area contributed by atoms with Crippen molar-refractivity contribution in [3.63, 3.8) is 0 Å². The zero-order valence-corrected chi connectivity index (χ0v) is 7.91. The Morgan fingerprint density at radius 2 is 1.42 bits per heavy atom. The summed E-state index contributed by atoms with van der Waals surface area (Å²) in [6.07, 6.45) is 8.31. The lowest BCUT2D eigenvalue weighted by atomic mass is 10.4. The predicted octanol–water partition coefficient (Wildman–Crippen LogP) is 3.09. The van der Waals surface area contributed by atoms with Gasteiger partial charge in [0.25, 0.3) is 0 Å². The number of hydrogen-bond acceptors (Lipinski definition) is 0. The molecule has 0 saturated heterocycles. The second kappa shape index (κ2) is 3.96. The third-order valence-corrected chi connectivity index (χ3v) is 1.87. The van der Waals surface area contributed by atoms with Gasteiger partial charge in [-0.3, -0.25) is 0 Å². The lowest BCUT2D eigenvalue weighted by Gasteiger charge is -1.99. The molecule has 1 nitrogen and oxygen atoms in total. The van der Waals surface area contributed by atoms with Gasteiger partial charge in [-0.1, -0.05) is 12.2 Å². The smallest absolute Gasteiger partial charge is 0.0405 e. The fourth-order valence-corrected chi connectivity index (χ4v) is 1.22. The van der Waals surface area contributed by atoms with Crippen molar-refractivity contribution in [3.8, 4) is 0 Å². The van der Waals surface area contributed by atoms with E-state index in [4.69, 9.17) is 0 Å². The molecule has 0 fully saturated rings. The van der Waals surface area contributed by atoms with E-state index in [0.717, 1.165) is 0 Å². The molecule has 1 heteroatoms. The highest BCUT2D eigenvalue weighted by atomic mass is 14.9. The highest BCUT2D eigenvalue weighted by molar-refractivity contribution is 5.53. The van der Waals surface area contributed by atoms with Gasteiger partial charge in [0.1, 0.15) is 0 Å². The van der Waals surface area contributed by atoms with E-state index < -0.39 is 0 Å². The van der Waals surface area contributed by atoms with Crippen molar-refractivity contribution in [2.24, 2.45) is 7.05 Å². The van der Waals surface area contributed by atoms with Crippen molar-refractivity contribution in [3.05, 3.63) is 35.7 Å². The van der Waals surface area contributed by atoms with Gasteiger partial charge in [0.2, 0.25) is 0 Å². The Hall–Kier alpha value is -1.24. The van der Waals surface area contributed by atoms with Gasteiger partial charge in [-0.15, -0.1) is 0 Å². The van der Waals surface area contributed by atoms with E-state index in [-0.39, 0.29) is 0 Å². The Morgan fingerprint density at radius 3 is 1.75 bits per heavy atom. The summed E-state index contributed by atoms with van der Waals surface area (Å²) in [7, 11) is 2.07. The van der Waals surface area contributed by atoms with E-state index in [1.807, 2.05) is 13.8 Å². The van der Waals surface area contributed by atoms with Gasteiger partial charge in [0.05, 0.1) is 0 Å². The molecule has 1 heterocycles. The lowest BCUT2D eigenvalue weighted by molar-refractivity contribution is 0.902. The monoisotopic (exact) mass is 161 g/mol. The quantitative estimate of drug-likeness (QED) is 0.628. The zero-order valence-electron chi connectivity index (χ0n) is 7.91. The van der Waals surface area contributed by atoms with Gasteiger partial charge in [0, 0.05) is 18.4 Å². The highest BCUT2D eigenvalue weighted by Gasteiger charge is 1.96. The fourth-order valence-electron chi connectivity index (χ4n) is 1.22. The van der Waals surface area contributed by atoms with Crippen molar-refractivity contribution in [2.45, 2.75) is 13.8 Å². The third-order valence-electron chi connectivity index (χ3n) is 1.87. The largest absolute Gasteiger partial charge is 0.345 e. The minimum atomic E-state index is 1.24. The number of rotatable bonds is 2. The Labute approximate surface area is 74.0 Å². The zero-order chi connectivity index (χ0) is 8.97. The first-order valence-electron chi connectivity index (χ1n) is 4.20. The highest BCUT2D eigenvalue weighted by Crippen LogP contribution is 2.10. The summed E-state index contributed by atoms with van der Waals surface area (Å²) in [6, 6.07) is 4.24. The minimum Gasteiger partial charge on any atom is -0.345 e. The second-order valence-electron chi connectivity index (χ2n) is 2.74. The van der Waals surface area contributed by atoms with Crippen molar-refractivity contribution in [1.29, 1.82) is 0 Å². The van der Waals surface area contributed by atoms with E-state index in [2.05, 4.69) is 48.1 Å². The molecule has 0 aliphatic carbocycles. The molecule has 0 saturated carbocycles. The molecule has 1 rings (SSSR count). The predicted molar refractivity (Wildman–Crippen MR) is 54.8 cm³/mol. The molecule has 0 N–H and O–H groups in total. The number of aromatic nitrogens is 1. The average Bonchev–Trinajstić information content (AvgIpc) is 2.38. The van der Waals surface area contributed by atoms with Crippen molar-refractivity contribution < 1.29 is 0 Å². The molecule has 64 valence electrons. The number of nitrogens with zero attached hydrogens (tertiary/aromatic N) is 1. The summed E-state index contributed by atoms with van der Waals surface area (Å²) >= 11 is 0.